The summed E-state index contributed by atoms with van der Waals surface area (Å²) in [6, 6.07) is 8.79. The maximum Gasteiger partial charge on any atom is 0.0991 e. The molecule has 0 saturated heterocycles. The largest absolute Gasteiger partial charge is 0.361 e. The first kappa shape index (κ1) is 14.2. The molecule has 0 bridgehead atoms. The number of rotatable bonds is 3. The van der Waals surface area contributed by atoms with Crippen molar-refractivity contribution in [2.24, 2.45) is 5.92 Å². The number of hydrogen-bond acceptors (Lipinski definition) is 2. The molecule has 3 heteroatoms. The summed E-state index contributed by atoms with van der Waals surface area (Å²) in [5.74, 6) is 1.30. The van der Waals surface area contributed by atoms with Gasteiger partial charge in [-0.15, -0.1) is 0 Å². The van der Waals surface area contributed by atoms with E-state index in [1.165, 1.54) is 30.2 Å². The zero-order chi connectivity index (χ0) is 15.0. The first-order valence-corrected chi connectivity index (χ1v) is 7.79. The van der Waals surface area contributed by atoms with Crippen molar-refractivity contribution in [3.05, 3.63) is 35.5 Å². The van der Waals surface area contributed by atoms with E-state index in [2.05, 4.69) is 43.2 Å². The minimum atomic E-state index is 0.585. The highest BCUT2D eigenvalue weighted by atomic mass is 15.1. The van der Waals surface area contributed by atoms with Crippen LogP contribution in [0.1, 0.15) is 43.2 Å². The van der Waals surface area contributed by atoms with Gasteiger partial charge < -0.3 is 9.88 Å². The summed E-state index contributed by atoms with van der Waals surface area (Å²) in [4.78, 5) is 5.71. The number of aromatic nitrogens is 1. The summed E-state index contributed by atoms with van der Waals surface area (Å²) in [5.41, 5.74) is 3.30. The molecule has 1 saturated carbocycles. The quantitative estimate of drug-likeness (QED) is 0.928. The highest BCUT2D eigenvalue weighted by Gasteiger charge is 2.34. The zero-order valence-corrected chi connectivity index (χ0v) is 13.1. The van der Waals surface area contributed by atoms with Gasteiger partial charge in [0, 0.05) is 23.1 Å². The Balaban J connectivity index is 2.01. The molecule has 1 N–H and O–H groups in total. The van der Waals surface area contributed by atoms with Crippen molar-refractivity contribution in [1.82, 2.24) is 9.88 Å². The number of nitrogens with one attached hydrogen (secondary N) is 1. The minimum absolute atomic E-state index is 0.585. The number of benzene rings is 1. The van der Waals surface area contributed by atoms with E-state index in [0.29, 0.717) is 17.9 Å². The van der Waals surface area contributed by atoms with Crippen LogP contribution in [0.25, 0.3) is 10.9 Å². The van der Waals surface area contributed by atoms with Gasteiger partial charge in [0.05, 0.1) is 11.6 Å². The predicted molar refractivity (Wildman–Crippen MR) is 86.2 cm³/mol. The van der Waals surface area contributed by atoms with Crippen molar-refractivity contribution in [1.29, 1.82) is 5.26 Å². The zero-order valence-electron chi connectivity index (χ0n) is 13.1. The van der Waals surface area contributed by atoms with Gasteiger partial charge in [-0.2, -0.15) is 5.26 Å². The Morgan fingerprint density at radius 3 is 2.86 bits per heavy atom. The van der Waals surface area contributed by atoms with Crippen LogP contribution in [0.3, 0.4) is 0 Å². The lowest BCUT2D eigenvalue weighted by atomic mass is 9.84. The molecule has 3 atom stereocenters. The molecule has 0 aliphatic heterocycles. The highest BCUT2D eigenvalue weighted by Crippen LogP contribution is 2.44. The molecule has 2 aromatic rings. The Hall–Kier alpha value is -1.79. The standard InChI is InChI=1S/C18H23N3/c1-12(21(2)3)14-5-4-6-15(14)17-11-20-18-8-7-13(10-19)9-16(17)18/h7-9,11-12,14-15,20H,4-6H2,1-3H3/t12?,14-,15+/m0/s1. The number of fused-ring (bicyclic) bond motifs is 1. The summed E-state index contributed by atoms with van der Waals surface area (Å²) in [6.07, 6.45) is 6.02. The maximum absolute atomic E-state index is 9.14. The Kier molecular flexibility index (Phi) is 3.73. The Morgan fingerprint density at radius 2 is 2.14 bits per heavy atom. The monoisotopic (exact) mass is 281 g/mol. The molecule has 3 nitrogen and oxygen atoms in total. The summed E-state index contributed by atoms with van der Waals surface area (Å²) in [6.45, 7) is 2.33. The van der Waals surface area contributed by atoms with Crippen LogP contribution in [0.4, 0.5) is 0 Å². The van der Waals surface area contributed by atoms with Crippen LogP contribution in [0.15, 0.2) is 24.4 Å². The second kappa shape index (κ2) is 5.54. The van der Waals surface area contributed by atoms with E-state index in [9.17, 15) is 0 Å². The summed E-state index contributed by atoms with van der Waals surface area (Å²) < 4.78 is 0. The van der Waals surface area contributed by atoms with E-state index in [-0.39, 0.29) is 0 Å². The second-order valence-electron chi connectivity index (χ2n) is 6.52. The summed E-state index contributed by atoms with van der Waals surface area (Å²) in [5, 5.41) is 10.4. The topological polar surface area (TPSA) is 42.8 Å². The molecular formula is C18H23N3. The normalized spacial score (nSPS) is 23.6. The van der Waals surface area contributed by atoms with Gasteiger partial charge in [-0.3, -0.25) is 0 Å². The minimum Gasteiger partial charge on any atom is -0.361 e. The van der Waals surface area contributed by atoms with E-state index >= 15 is 0 Å². The van der Waals surface area contributed by atoms with Crippen LogP contribution in [0.2, 0.25) is 0 Å². The van der Waals surface area contributed by atoms with Crippen molar-refractivity contribution in [3.63, 3.8) is 0 Å². The molecule has 21 heavy (non-hydrogen) atoms. The molecule has 0 amide bonds. The number of hydrogen-bond donors (Lipinski definition) is 1. The molecule has 1 unspecified atom stereocenters. The fourth-order valence-electron chi connectivity index (χ4n) is 3.85. The van der Waals surface area contributed by atoms with Gasteiger partial charge in [0.2, 0.25) is 0 Å². The average Bonchev–Trinajstić information content (AvgIpc) is 3.11. The lowest BCUT2D eigenvalue weighted by Gasteiger charge is -2.30. The molecule has 1 aromatic heterocycles. The van der Waals surface area contributed by atoms with Crippen molar-refractivity contribution in [2.45, 2.75) is 38.1 Å². The van der Waals surface area contributed by atoms with Crippen LogP contribution in [-0.2, 0) is 0 Å². The maximum atomic E-state index is 9.14. The molecule has 0 spiro atoms. The lowest BCUT2D eigenvalue weighted by molar-refractivity contribution is 0.216. The lowest BCUT2D eigenvalue weighted by Crippen LogP contribution is -2.33. The van der Waals surface area contributed by atoms with E-state index < -0.39 is 0 Å². The molecule has 1 aromatic carbocycles. The van der Waals surface area contributed by atoms with Gasteiger partial charge in [0.25, 0.3) is 0 Å². The van der Waals surface area contributed by atoms with Crippen LogP contribution in [0, 0.1) is 17.2 Å². The number of H-pyrrole nitrogens is 1. The molecule has 1 aliphatic carbocycles. The van der Waals surface area contributed by atoms with Gasteiger partial charge in [-0.05, 0) is 69.5 Å². The Bertz CT molecular complexity index is 677. The average molecular weight is 281 g/mol. The summed E-state index contributed by atoms with van der Waals surface area (Å²) in [7, 11) is 4.34. The van der Waals surface area contributed by atoms with E-state index in [1.807, 2.05) is 18.2 Å². The third kappa shape index (κ3) is 2.45. The second-order valence-corrected chi connectivity index (χ2v) is 6.52. The molecule has 110 valence electrons. The molecule has 1 heterocycles. The Labute approximate surface area is 126 Å². The van der Waals surface area contributed by atoms with Crippen molar-refractivity contribution in [3.8, 4) is 6.07 Å². The fourth-order valence-corrected chi connectivity index (χ4v) is 3.85. The van der Waals surface area contributed by atoms with Crippen LogP contribution >= 0.6 is 0 Å². The van der Waals surface area contributed by atoms with Crippen molar-refractivity contribution in [2.75, 3.05) is 14.1 Å². The van der Waals surface area contributed by atoms with Gasteiger partial charge in [-0.25, -0.2) is 0 Å². The van der Waals surface area contributed by atoms with Gasteiger partial charge in [0.1, 0.15) is 0 Å². The smallest absolute Gasteiger partial charge is 0.0991 e. The molecule has 1 fully saturated rings. The van der Waals surface area contributed by atoms with Crippen LogP contribution in [-0.4, -0.2) is 30.0 Å². The predicted octanol–water partition coefficient (Wildman–Crippen LogP) is 3.87. The van der Waals surface area contributed by atoms with E-state index in [0.717, 1.165) is 11.1 Å². The molecule has 1 aliphatic rings. The summed E-state index contributed by atoms with van der Waals surface area (Å²) >= 11 is 0. The third-order valence-electron chi connectivity index (χ3n) is 5.25. The SMILES string of the molecule is CC([C@@H]1CCC[C@H]1c1c[nH]c2ccc(C#N)cc12)N(C)C. The van der Waals surface area contributed by atoms with Crippen LogP contribution in [0.5, 0.6) is 0 Å². The number of nitrogens with zero attached hydrogens (tertiary/aromatic N) is 2. The molecular weight excluding hydrogens is 258 g/mol. The van der Waals surface area contributed by atoms with Crippen molar-refractivity contribution >= 4 is 10.9 Å². The van der Waals surface area contributed by atoms with Gasteiger partial charge in [0.15, 0.2) is 0 Å². The Morgan fingerprint density at radius 1 is 1.33 bits per heavy atom. The fraction of sp³-hybridized carbons (Fsp3) is 0.500. The highest BCUT2D eigenvalue weighted by molar-refractivity contribution is 5.85. The first-order valence-electron chi connectivity index (χ1n) is 7.79. The van der Waals surface area contributed by atoms with Gasteiger partial charge >= 0.3 is 0 Å². The van der Waals surface area contributed by atoms with Gasteiger partial charge in [-0.1, -0.05) is 6.42 Å². The molecule has 3 rings (SSSR count). The van der Waals surface area contributed by atoms with Crippen LogP contribution < -0.4 is 0 Å². The first-order chi connectivity index (χ1) is 10.1. The van der Waals surface area contributed by atoms with E-state index in [4.69, 9.17) is 5.26 Å². The number of nitriles is 1. The molecule has 0 radical (unpaired) electrons. The number of aromatic amines is 1. The van der Waals surface area contributed by atoms with E-state index in [1.54, 1.807) is 0 Å². The third-order valence-corrected chi connectivity index (χ3v) is 5.25. The van der Waals surface area contributed by atoms with Crippen molar-refractivity contribution < 1.29 is 0 Å².